The Balaban J connectivity index is 1.62. The molecule has 1 aromatic heterocycles. The van der Waals surface area contributed by atoms with Crippen molar-refractivity contribution >= 4 is 23.2 Å². The van der Waals surface area contributed by atoms with Crippen molar-refractivity contribution in [1.29, 1.82) is 0 Å². The van der Waals surface area contributed by atoms with Gasteiger partial charge in [-0.2, -0.15) is 0 Å². The number of carboxylic acids is 1. The molecule has 1 saturated heterocycles. The molecule has 1 amide bonds. The molecule has 1 N–H and O–H groups in total. The molecular formula is C19H22N2O3S. The van der Waals surface area contributed by atoms with Crippen LogP contribution in [-0.2, 0) is 22.4 Å². The fourth-order valence-corrected chi connectivity index (χ4v) is 4.02. The van der Waals surface area contributed by atoms with Crippen LogP contribution in [0.5, 0.6) is 0 Å². The Morgan fingerprint density at radius 3 is 2.76 bits per heavy atom. The topological polar surface area (TPSA) is 70.5 Å². The molecule has 0 aliphatic carbocycles. The first-order valence-corrected chi connectivity index (χ1v) is 9.40. The van der Waals surface area contributed by atoms with Crippen LogP contribution >= 0.6 is 11.3 Å². The van der Waals surface area contributed by atoms with E-state index < -0.39 is 11.9 Å². The summed E-state index contributed by atoms with van der Waals surface area (Å²) in [5.74, 6) is -1.30. The van der Waals surface area contributed by atoms with Gasteiger partial charge in [0.15, 0.2) is 0 Å². The van der Waals surface area contributed by atoms with Gasteiger partial charge in [0.25, 0.3) is 0 Å². The molecule has 0 unspecified atom stereocenters. The number of nitrogens with zero attached hydrogens (tertiary/aromatic N) is 2. The number of piperidine rings is 1. The van der Waals surface area contributed by atoms with Gasteiger partial charge in [0.05, 0.1) is 23.0 Å². The van der Waals surface area contributed by atoms with Crippen molar-refractivity contribution in [3.63, 3.8) is 0 Å². The second-order valence-electron chi connectivity index (χ2n) is 6.58. The number of carbonyl (C=O) groups is 2. The Kier molecular flexibility index (Phi) is 5.48. The third-order valence-corrected chi connectivity index (χ3v) is 5.58. The zero-order chi connectivity index (χ0) is 17.8. The molecule has 1 aliphatic heterocycles. The quantitative estimate of drug-likeness (QED) is 0.892. The lowest BCUT2D eigenvalue weighted by molar-refractivity contribution is -0.147. The maximum Gasteiger partial charge on any atom is 0.308 e. The van der Waals surface area contributed by atoms with Crippen LogP contribution in [0.4, 0.5) is 0 Å². The molecule has 0 bridgehead atoms. The molecule has 1 aliphatic rings. The van der Waals surface area contributed by atoms with Gasteiger partial charge in [-0.1, -0.05) is 30.3 Å². The van der Waals surface area contributed by atoms with Gasteiger partial charge in [0.1, 0.15) is 0 Å². The standard InChI is InChI=1S/C19H22N2O3S/c1-13-7-8-15(19(23)24)11-21(13)18(22)10-16-12-25-17(20-16)9-14-5-3-2-4-6-14/h2-6,12-13,15H,7-11H2,1H3,(H,23,24)/t13-,15+/m1/s1. The summed E-state index contributed by atoms with van der Waals surface area (Å²) in [4.78, 5) is 30.1. The van der Waals surface area contributed by atoms with Crippen LogP contribution in [0.2, 0.25) is 0 Å². The number of amides is 1. The van der Waals surface area contributed by atoms with Gasteiger partial charge in [-0.05, 0) is 25.3 Å². The minimum atomic E-state index is -0.816. The molecule has 2 aromatic rings. The summed E-state index contributed by atoms with van der Waals surface area (Å²) < 4.78 is 0. The molecule has 6 heteroatoms. The highest BCUT2D eigenvalue weighted by Crippen LogP contribution is 2.23. The molecule has 0 saturated carbocycles. The van der Waals surface area contributed by atoms with Gasteiger partial charge < -0.3 is 10.0 Å². The van der Waals surface area contributed by atoms with E-state index >= 15 is 0 Å². The largest absolute Gasteiger partial charge is 0.481 e. The Bertz CT molecular complexity index is 744. The first-order valence-electron chi connectivity index (χ1n) is 8.52. The van der Waals surface area contributed by atoms with Crippen LogP contribution < -0.4 is 0 Å². The van der Waals surface area contributed by atoms with Crippen molar-refractivity contribution < 1.29 is 14.7 Å². The van der Waals surface area contributed by atoms with Crippen molar-refractivity contribution in [3.05, 3.63) is 52.0 Å². The summed E-state index contributed by atoms with van der Waals surface area (Å²) in [5, 5.41) is 12.1. The predicted molar refractivity (Wildman–Crippen MR) is 96.6 cm³/mol. The minimum Gasteiger partial charge on any atom is -0.481 e. The Hall–Kier alpha value is -2.21. The smallest absolute Gasteiger partial charge is 0.308 e. The first-order chi connectivity index (χ1) is 12.0. The van der Waals surface area contributed by atoms with Crippen LogP contribution in [-0.4, -0.2) is 39.5 Å². The van der Waals surface area contributed by atoms with E-state index in [1.165, 1.54) is 5.56 Å². The molecule has 0 spiro atoms. The Morgan fingerprint density at radius 1 is 1.28 bits per heavy atom. The van der Waals surface area contributed by atoms with Crippen molar-refractivity contribution in [2.24, 2.45) is 5.92 Å². The zero-order valence-corrected chi connectivity index (χ0v) is 15.0. The van der Waals surface area contributed by atoms with Crippen molar-refractivity contribution in [2.45, 2.75) is 38.6 Å². The monoisotopic (exact) mass is 358 g/mol. The highest BCUT2D eigenvalue weighted by Gasteiger charge is 2.32. The van der Waals surface area contributed by atoms with E-state index in [-0.39, 0.29) is 18.4 Å². The van der Waals surface area contributed by atoms with Gasteiger partial charge in [0, 0.05) is 24.4 Å². The van der Waals surface area contributed by atoms with E-state index in [1.54, 1.807) is 16.2 Å². The Labute approximate surface area is 151 Å². The van der Waals surface area contributed by atoms with E-state index in [1.807, 2.05) is 30.5 Å². The highest BCUT2D eigenvalue weighted by molar-refractivity contribution is 7.09. The van der Waals surface area contributed by atoms with Crippen molar-refractivity contribution in [3.8, 4) is 0 Å². The number of benzene rings is 1. The highest BCUT2D eigenvalue weighted by atomic mass is 32.1. The van der Waals surface area contributed by atoms with Crippen LogP contribution in [0.1, 0.15) is 36.0 Å². The number of rotatable bonds is 5. The maximum absolute atomic E-state index is 12.6. The zero-order valence-electron chi connectivity index (χ0n) is 14.2. The third kappa shape index (κ3) is 4.45. The minimum absolute atomic E-state index is 0.0324. The summed E-state index contributed by atoms with van der Waals surface area (Å²) in [6, 6.07) is 10.2. The van der Waals surface area contributed by atoms with Gasteiger partial charge in [0.2, 0.25) is 5.91 Å². The predicted octanol–water partition coefficient (Wildman–Crippen LogP) is 2.99. The van der Waals surface area contributed by atoms with E-state index in [0.717, 1.165) is 23.5 Å². The number of thiazole rings is 1. The van der Waals surface area contributed by atoms with Crippen LogP contribution in [0.15, 0.2) is 35.7 Å². The number of hydrogen-bond donors (Lipinski definition) is 1. The molecule has 0 radical (unpaired) electrons. The number of aliphatic carboxylic acids is 1. The summed E-state index contributed by atoms with van der Waals surface area (Å²) in [6.07, 6.45) is 2.38. The van der Waals surface area contributed by atoms with Gasteiger partial charge in [-0.3, -0.25) is 9.59 Å². The van der Waals surface area contributed by atoms with E-state index in [2.05, 4.69) is 17.1 Å². The summed E-state index contributed by atoms with van der Waals surface area (Å²) >= 11 is 1.56. The SMILES string of the molecule is C[C@@H]1CC[C@H](C(=O)O)CN1C(=O)Cc1csc(Cc2ccccc2)n1. The number of likely N-dealkylation sites (tertiary alicyclic amines) is 1. The second-order valence-corrected chi connectivity index (χ2v) is 7.52. The average Bonchev–Trinajstić information content (AvgIpc) is 3.02. The second kappa shape index (κ2) is 7.78. The van der Waals surface area contributed by atoms with Gasteiger partial charge in [-0.25, -0.2) is 4.98 Å². The summed E-state index contributed by atoms with van der Waals surface area (Å²) in [5.41, 5.74) is 1.97. The molecule has 2 heterocycles. The molecule has 3 rings (SSSR count). The van der Waals surface area contributed by atoms with Crippen LogP contribution in [0, 0.1) is 5.92 Å². The number of aromatic nitrogens is 1. The van der Waals surface area contributed by atoms with Crippen molar-refractivity contribution in [1.82, 2.24) is 9.88 Å². The number of carboxylic acid groups (broad SMARTS) is 1. The molecular weight excluding hydrogens is 336 g/mol. The molecule has 1 aromatic carbocycles. The molecule has 5 nitrogen and oxygen atoms in total. The lowest BCUT2D eigenvalue weighted by Crippen LogP contribution is -2.47. The van der Waals surface area contributed by atoms with Crippen LogP contribution in [0.3, 0.4) is 0 Å². The van der Waals surface area contributed by atoms with Gasteiger partial charge >= 0.3 is 5.97 Å². The van der Waals surface area contributed by atoms with Crippen LogP contribution in [0.25, 0.3) is 0 Å². The molecule has 2 atom stereocenters. The lowest BCUT2D eigenvalue weighted by atomic mass is 9.93. The fraction of sp³-hybridized carbons (Fsp3) is 0.421. The number of hydrogen-bond acceptors (Lipinski definition) is 4. The lowest BCUT2D eigenvalue weighted by Gasteiger charge is -2.36. The number of carbonyl (C=O) groups excluding carboxylic acids is 1. The fourth-order valence-electron chi connectivity index (χ4n) is 3.19. The van der Waals surface area contributed by atoms with Gasteiger partial charge in [-0.15, -0.1) is 11.3 Å². The molecule has 25 heavy (non-hydrogen) atoms. The maximum atomic E-state index is 12.6. The normalized spacial score (nSPS) is 20.4. The third-order valence-electron chi connectivity index (χ3n) is 4.68. The van der Waals surface area contributed by atoms with E-state index in [9.17, 15) is 14.7 Å². The van der Waals surface area contributed by atoms with E-state index in [4.69, 9.17) is 0 Å². The molecule has 1 fully saturated rings. The summed E-state index contributed by atoms with van der Waals surface area (Å²) in [7, 11) is 0. The first kappa shape index (κ1) is 17.6. The van der Waals surface area contributed by atoms with E-state index in [0.29, 0.717) is 13.0 Å². The molecule has 132 valence electrons. The average molecular weight is 358 g/mol. The van der Waals surface area contributed by atoms with Crippen molar-refractivity contribution in [2.75, 3.05) is 6.54 Å². The summed E-state index contributed by atoms with van der Waals surface area (Å²) in [6.45, 7) is 2.29. The Morgan fingerprint density at radius 2 is 2.04 bits per heavy atom.